The lowest BCUT2D eigenvalue weighted by Gasteiger charge is -2.14. The number of aryl methyl sites for hydroxylation is 1. The Balaban J connectivity index is 1.47. The zero-order valence-corrected chi connectivity index (χ0v) is 24.6. The third kappa shape index (κ3) is 6.76. The lowest BCUT2D eigenvalue weighted by Crippen LogP contribution is -2.14. The smallest absolute Gasteiger partial charge is 0.387 e. The number of rotatable bonds is 10. The normalized spacial score (nSPS) is 11.5. The maximum atomic E-state index is 13.7. The molecule has 0 unspecified atom stereocenters. The van der Waals surface area contributed by atoms with E-state index in [1.807, 2.05) is 36.4 Å². The van der Waals surface area contributed by atoms with Crippen molar-refractivity contribution >= 4 is 44.8 Å². The zero-order valence-electron chi connectivity index (χ0n) is 23.8. The summed E-state index contributed by atoms with van der Waals surface area (Å²) in [6.45, 7) is -0.956. The lowest BCUT2D eigenvalue weighted by atomic mass is 10.0. The fraction of sp³-hybridized carbons (Fsp3) is 0.152. The minimum absolute atomic E-state index is 0.0988. The Kier molecular flexibility index (Phi) is 8.87. The van der Waals surface area contributed by atoms with Gasteiger partial charge in [-0.2, -0.15) is 8.78 Å². The Morgan fingerprint density at radius 3 is 2.23 bits per heavy atom. The first-order valence-corrected chi connectivity index (χ1v) is 14.0. The SMILES string of the molecule is COc1ccc(C(=Cc2ccc(OC(F)F)c(OC)c2)C(=O)Nc2ccc(-c3nc4ccc(C)cc4s3)cc2)cc1OC. The van der Waals surface area contributed by atoms with Gasteiger partial charge in [0.05, 0.1) is 31.5 Å². The molecule has 0 spiro atoms. The van der Waals surface area contributed by atoms with Crippen LogP contribution < -0.4 is 24.3 Å². The fourth-order valence-corrected chi connectivity index (χ4v) is 5.54. The summed E-state index contributed by atoms with van der Waals surface area (Å²) < 4.78 is 47.4. The molecule has 0 atom stereocenters. The van der Waals surface area contributed by atoms with Crippen molar-refractivity contribution in [2.75, 3.05) is 26.6 Å². The molecule has 1 heterocycles. The number of hydrogen-bond acceptors (Lipinski definition) is 7. The van der Waals surface area contributed by atoms with E-state index < -0.39 is 12.5 Å². The van der Waals surface area contributed by atoms with Gasteiger partial charge in [-0.15, -0.1) is 11.3 Å². The van der Waals surface area contributed by atoms with E-state index in [1.165, 1.54) is 39.0 Å². The maximum absolute atomic E-state index is 13.7. The van der Waals surface area contributed by atoms with Gasteiger partial charge in [-0.3, -0.25) is 4.79 Å². The Morgan fingerprint density at radius 1 is 0.837 bits per heavy atom. The second-order valence-corrected chi connectivity index (χ2v) is 10.5. The van der Waals surface area contributed by atoms with Crippen LogP contribution in [0.1, 0.15) is 16.7 Å². The minimum Gasteiger partial charge on any atom is -0.493 e. The topological polar surface area (TPSA) is 78.9 Å². The number of aromatic nitrogens is 1. The summed E-state index contributed by atoms with van der Waals surface area (Å²) in [4.78, 5) is 18.5. The molecule has 7 nitrogen and oxygen atoms in total. The molecule has 0 radical (unpaired) electrons. The molecule has 10 heteroatoms. The summed E-state index contributed by atoms with van der Waals surface area (Å²) >= 11 is 1.61. The third-order valence-corrected chi connectivity index (χ3v) is 7.65. The van der Waals surface area contributed by atoms with Crippen molar-refractivity contribution in [2.45, 2.75) is 13.5 Å². The van der Waals surface area contributed by atoms with Gasteiger partial charge in [-0.25, -0.2) is 4.98 Å². The number of carbonyl (C=O) groups is 1. The number of methoxy groups -OCH3 is 3. The van der Waals surface area contributed by atoms with E-state index in [0.717, 1.165) is 20.8 Å². The lowest BCUT2D eigenvalue weighted by molar-refractivity contribution is -0.111. The molecule has 0 aliphatic rings. The molecule has 0 aliphatic carbocycles. The molecule has 5 aromatic rings. The van der Waals surface area contributed by atoms with Crippen LogP contribution in [0.3, 0.4) is 0 Å². The molecule has 0 saturated carbocycles. The largest absolute Gasteiger partial charge is 0.493 e. The van der Waals surface area contributed by atoms with Crippen LogP contribution in [0.15, 0.2) is 78.9 Å². The summed E-state index contributed by atoms with van der Waals surface area (Å²) in [5.41, 5.74) is 4.99. The molecule has 220 valence electrons. The van der Waals surface area contributed by atoms with Gasteiger partial charge in [0, 0.05) is 16.8 Å². The van der Waals surface area contributed by atoms with E-state index >= 15 is 0 Å². The van der Waals surface area contributed by atoms with Crippen molar-refractivity contribution in [2.24, 2.45) is 0 Å². The quantitative estimate of drug-likeness (QED) is 0.129. The first-order chi connectivity index (χ1) is 20.8. The highest BCUT2D eigenvalue weighted by molar-refractivity contribution is 7.21. The van der Waals surface area contributed by atoms with E-state index in [9.17, 15) is 13.6 Å². The summed E-state index contributed by atoms with van der Waals surface area (Å²) in [5.74, 6) is 0.522. The molecule has 1 amide bonds. The zero-order chi connectivity index (χ0) is 30.5. The first kappa shape index (κ1) is 29.5. The number of hydrogen-bond donors (Lipinski definition) is 1. The minimum atomic E-state index is -3.01. The third-order valence-electron chi connectivity index (χ3n) is 6.59. The van der Waals surface area contributed by atoms with E-state index in [4.69, 9.17) is 19.2 Å². The van der Waals surface area contributed by atoms with Crippen molar-refractivity contribution in [3.05, 3.63) is 95.6 Å². The van der Waals surface area contributed by atoms with Crippen molar-refractivity contribution < 1.29 is 32.5 Å². The molecule has 0 fully saturated rings. The number of nitrogens with one attached hydrogen (secondary N) is 1. The molecule has 0 saturated heterocycles. The first-order valence-electron chi connectivity index (χ1n) is 13.1. The number of fused-ring (bicyclic) bond motifs is 1. The molecule has 1 N–H and O–H groups in total. The molecule has 0 bridgehead atoms. The fourth-order valence-electron chi connectivity index (χ4n) is 4.47. The van der Waals surface area contributed by atoms with Crippen molar-refractivity contribution in [3.63, 3.8) is 0 Å². The Hall–Kier alpha value is -4.96. The number of halogens is 2. The summed E-state index contributed by atoms with van der Waals surface area (Å²) in [6, 6.07) is 23.2. The van der Waals surface area contributed by atoms with Crippen LogP contribution in [0.2, 0.25) is 0 Å². The van der Waals surface area contributed by atoms with Crippen LogP contribution in [0.4, 0.5) is 14.5 Å². The van der Waals surface area contributed by atoms with Gasteiger partial charge < -0.3 is 24.3 Å². The van der Waals surface area contributed by atoms with Gasteiger partial charge in [0.25, 0.3) is 5.91 Å². The van der Waals surface area contributed by atoms with Gasteiger partial charge in [0.1, 0.15) is 5.01 Å². The summed E-state index contributed by atoms with van der Waals surface area (Å²) in [7, 11) is 4.38. The summed E-state index contributed by atoms with van der Waals surface area (Å²) in [6.07, 6.45) is 1.63. The van der Waals surface area contributed by atoms with E-state index in [1.54, 1.807) is 41.7 Å². The van der Waals surface area contributed by atoms with Gasteiger partial charge in [0.2, 0.25) is 0 Å². The van der Waals surface area contributed by atoms with Crippen molar-refractivity contribution in [1.29, 1.82) is 0 Å². The number of carbonyl (C=O) groups excluding carboxylic acids is 1. The average Bonchev–Trinajstić information content (AvgIpc) is 3.43. The molecular formula is C33H28F2N2O5S. The van der Waals surface area contributed by atoms with Crippen LogP contribution in [0.25, 0.3) is 32.4 Å². The predicted octanol–water partition coefficient (Wildman–Crippen LogP) is 8.08. The van der Waals surface area contributed by atoms with E-state index in [0.29, 0.717) is 28.3 Å². The number of amides is 1. The number of alkyl halides is 2. The van der Waals surface area contributed by atoms with Crippen LogP contribution >= 0.6 is 11.3 Å². The second-order valence-electron chi connectivity index (χ2n) is 9.44. The molecular weight excluding hydrogens is 574 g/mol. The maximum Gasteiger partial charge on any atom is 0.387 e. The molecule has 43 heavy (non-hydrogen) atoms. The highest BCUT2D eigenvalue weighted by Gasteiger charge is 2.17. The van der Waals surface area contributed by atoms with Crippen LogP contribution in [0.5, 0.6) is 23.0 Å². The molecule has 4 aromatic carbocycles. The molecule has 1 aromatic heterocycles. The Bertz CT molecular complexity index is 1800. The average molecular weight is 603 g/mol. The van der Waals surface area contributed by atoms with E-state index in [-0.39, 0.29) is 17.1 Å². The molecule has 5 rings (SSSR count). The number of anilines is 1. The van der Waals surface area contributed by atoms with Crippen molar-refractivity contribution in [3.8, 4) is 33.6 Å². The molecule has 0 aliphatic heterocycles. The van der Waals surface area contributed by atoms with E-state index in [2.05, 4.69) is 23.0 Å². The van der Waals surface area contributed by atoms with Gasteiger partial charge >= 0.3 is 6.61 Å². The second kappa shape index (κ2) is 12.9. The number of benzene rings is 4. The summed E-state index contributed by atoms with van der Waals surface area (Å²) in [5, 5.41) is 3.84. The van der Waals surface area contributed by atoms with Crippen molar-refractivity contribution in [1.82, 2.24) is 4.98 Å². The van der Waals surface area contributed by atoms with Gasteiger partial charge in [0.15, 0.2) is 23.0 Å². The number of thiazole rings is 1. The highest BCUT2D eigenvalue weighted by atomic mass is 32.1. The Labute approximate surface area is 251 Å². The standard InChI is InChI=1S/C33H28F2N2O5S/c1-19-5-12-25-30(15-19)43-32(37-25)21-7-10-23(11-8-21)36-31(38)24(22-9-14-26(39-2)29(18-22)41-4)16-20-6-13-27(42-33(34)35)28(17-20)40-3/h5-18,33H,1-4H3,(H,36,38). The monoisotopic (exact) mass is 602 g/mol. The Morgan fingerprint density at radius 2 is 1.53 bits per heavy atom. The number of ether oxygens (including phenoxy) is 4. The van der Waals surface area contributed by atoms with Crippen LogP contribution in [-0.4, -0.2) is 38.8 Å². The van der Waals surface area contributed by atoms with Gasteiger partial charge in [-0.1, -0.05) is 18.2 Å². The highest BCUT2D eigenvalue weighted by Crippen LogP contribution is 2.35. The number of nitrogens with zero attached hydrogens (tertiary/aromatic N) is 1. The van der Waals surface area contributed by atoms with Crippen LogP contribution in [0, 0.1) is 6.92 Å². The predicted molar refractivity (Wildman–Crippen MR) is 165 cm³/mol. The van der Waals surface area contributed by atoms with Crippen LogP contribution in [-0.2, 0) is 4.79 Å². The van der Waals surface area contributed by atoms with Gasteiger partial charge in [-0.05, 0) is 90.4 Å².